The van der Waals surface area contributed by atoms with Gasteiger partial charge in [-0.15, -0.1) is 0 Å². The molecule has 0 saturated heterocycles. The first-order chi connectivity index (χ1) is 13.4. The highest BCUT2D eigenvalue weighted by Gasteiger charge is 2.00. The van der Waals surface area contributed by atoms with Gasteiger partial charge in [-0.2, -0.15) is 0 Å². The Balaban J connectivity index is 0. The highest BCUT2D eigenvalue weighted by molar-refractivity contribution is 5.69. The van der Waals surface area contributed by atoms with Crippen molar-refractivity contribution in [2.45, 2.75) is 124 Å². The fraction of sp³-hybridized carbons (Fsp3) is 0.833. The summed E-state index contributed by atoms with van der Waals surface area (Å²) in [4.78, 5) is 20.1. The average Bonchev–Trinajstić information content (AvgIpc) is 2.61. The predicted molar refractivity (Wildman–Crippen MR) is 118 cm³/mol. The zero-order valence-electron chi connectivity index (χ0n) is 18.8. The molecule has 0 aromatic rings. The molecule has 0 unspecified atom stereocenters. The van der Waals surface area contributed by atoms with E-state index in [1.165, 1.54) is 89.7 Å². The molecule has 0 aromatic heterocycles. The molecule has 0 aliphatic heterocycles. The van der Waals surface area contributed by atoms with Gasteiger partial charge in [-0.25, -0.2) is 0 Å². The van der Waals surface area contributed by atoms with Gasteiger partial charge < -0.3 is 9.84 Å². The lowest BCUT2D eigenvalue weighted by molar-refractivity contribution is -0.138. The molecule has 0 radical (unpaired) electrons. The van der Waals surface area contributed by atoms with Gasteiger partial charge in [0.15, 0.2) is 0 Å². The molecule has 0 amide bonds. The number of aliphatic carboxylic acids is 1. The molecule has 0 atom stereocenters. The number of carbonyl (C=O) groups is 2. The summed E-state index contributed by atoms with van der Waals surface area (Å²) >= 11 is 0. The standard InChI is InChI=1S/C22H42O2.C2H4O2/c1-4-24-22(23)20-18-16-14-12-10-8-6-5-7-9-11-13-15-17-19-21(2)3;1-2(3)4/h4,21H,1,5-20H2,2-3H3;1H3,(H,3,4). The third-order valence-corrected chi connectivity index (χ3v) is 4.63. The summed E-state index contributed by atoms with van der Waals surface area (Å²) in [7, 11) is 0. The minimum atomic E-state index is -0.833. The van der Waals surface area contributed by atoms with Gasteiger partial charge in [0.25, 0.3) is 5.97 Å². The van der Waals surface area contributed by atoms with Crippen molar-refractivity contribution < 1.29 is 19.4 Å². The van der Waals surface area contributed by atoms with Gasteiger partial charge in [0.1, 0.15) is 0 Å². The van der Waals surface area contributed by atoms with Crippen molar-refractivity contribution in [1.82, 2.24) is 0 Å². The number of carboxylic acids is 1. The number of ether oxygens (including phenoxy) is 1. The molecule has 166 valence electrons. The maximum Gasteiger partial charge on any atom is 0.310 e. The average molecular weight is 399 g/mol. The van der Waals surface area contributed by atoms with Crippen molar-refractivity contribution in [3.63, 3.8) is 0 Å². The molecule has 1 N–H and O–H groups in total. The zero-order chi connectivity index (χ0) is 21.5. The van der Waals surface area contributed by atoms with E-state index < -0.39 is 5.97 Å². The number of unbranched alkanes of at least 4 members (excludes halogenated alkanes) is 13. The Labute approximate surface area is 174 Å². The van der Waals surface area contributed by atoms with Gasteiger partial charge in [0.05, 0.1) is 6.26 Å². The predicted octanol–water partition coefficient (Wildman–Crippen LogP) is 7.66. The lowest BCUT2D eigenvalue weighted by atomic mass is 10.0. The third-order valence-electron chi connectivity index (χ3n) is 4.63. The fourth-order valence-electron chi connectivity index (χ4n) is 3.10. The lowest BCUT2D eigenvalue weighted by Crippen LogP contribution is -1.98. The van der Waals surface area contributed by atoms with Crippen LogP contribution < -0.4 is 0 Å². The van der Waals surface area contributed by atoms with Gasteiger partial charge in [0.2, 0.25) is 0 Å². The van der Waals surface area contributed by atoms with Crippen molar-refractivity contribution in [3.05, 3.63) is 12.8 Å². The van der Waals surface area contributed by atoms with Crippen molar-refractivity contribution in [1.29, 1.82) is 0 Å². The Morgan fingerprint density at radius 1 is 0.786 bits per heavy atom. The minimum absolute atomic E-state index is 0.148. The third kappa shape index (κ3) is 32.4. The minimum Gasteiger partial charge on any atom is -0.481 e. The Morgan fingerprint density at radius 2 is 1.11 bits per heavy atom. The van der Waals surface area contributed by atoms with Crippen LogP contribution in [0.1, 0.15) is 124 Å². The van der Waals surface area contributed by atoms with E-state index in [9.17, 15) is 4.79 Å². The van der Waals surface area contributed by atoms with E-state index >= 15 is 0 Å². The molecule has 0 heterocycles. The topological polar surface area (TPSA) is 63.6 Å². The molecule has 4 nitrogen and oxygen atoms in total. The molecule has 0 fully saturated rings. The van der Waals surface area contributed by atoms with Crippen molar-refractivity contribution in [2.75, 3.05) is 0 Å². The van der Waals surface area contributed by atoms with E-state index in [0.717, 1.165) is 25.7 Å². The second-order valence-corrected chi connectivity index (χ2v) is 8.06. The number of rotatable bonds is 18. The van der Waals surface area contributed by atoms with Crippen LogP contribution in [0.4, 0.5) is 0 Å². The van der Waals surface area contributed by atoms with Gasteiger partial charge in [0, 0.05) is 13.3 Å². The molecular formula is C24H46O4. The van der Waals surface area contributed by atoms with Crippen LogP contribution in [0.2, 0.25) is 0 Å². The molecule has 4 heteroatoms. The SMILES string of the molecule is C=COC(=O)CCCCCCCCCCCCCCCCC(C)C.CC(=O)O. The van der Waals surface area contributed by atoms with Gasteiger partial charge in [-0.1, -0.05) is 110 Å². The first-order valence-electron chi connectivity index (χ1n) is 11.4. The highest BCUT2D eigenvalue weighted by atomic mass is 16.5. The Morgan fingerprint density at radius 3 is 1.43 bits per heavy atom. The number of carboxylic acid groups (broad SMARTS) is 1. The summed E-state index contributed by atoms with van der Waals surface area (Å²) in [6.07, 6.45) is 21.9. The fourth-order valence-corrected chi connectivity index (χ4v) is 3.10. The van der Waals surface area contributed by atoms with Gasteiger partial charge in [-0.05, 0) is 12.3 Å². The maximum atomic E-state index is 11.1. The summed E-state index contributed by atoms with van der Waals surface area (Å²) < 4.78 is 4.70. The summed E-state index contributed by atoms with van der Waals surface area (Å²) in [5.74, 6) is -0.108. The van der Waals surface area contributed by atoms with Gasteiger partial charge in [-0.3, -0.25) is 9.59 Å². The first-order valence-corrected chi connectivity index (χ1v) is 11.4. The van der Waals surface area contributed by atoms with Crippen LogP contribution in [0.15, 0.2) is 12.8 Å². The smallest absolute Gasteiger partial charge is 0.310 e. The van der Waals surface area contributed by atoms with E-state index in [4.69, 9.17) is 14.6 Å². The lowest BCUT2D eigenvalue weighted by Gasteiger charge is -2.05. The van der Waals surface area contributed by atoms with E-state index in [0.29, 0.717) is 6.42 Å². The summed E-state index contributed by atoms with van der Waals surface area (Å²) in [5.41, 5.74) is 0. The number of hydrogen-bond acceptors (Lipinski definition) is 3. The van der Waals surface area contributed by atoms with Crippen LogP contribution in [-0.4, -0.2) is 17.0 Å². The van der Waals surface area contributed by atoms with E-state index in [1.54, 1.807) is 0 Å². The van der Waals surface area contributed by atoms with Crippen molar-refractivity contribution >= 4 is 11.9 Å². The second-order valence-electron chi connectivity index (χ2n) is 8.06. The Kier molecular flexibility index (Phi) is 24.5. The van der Waals surface area contributed by atoms with E-state index in [2.05, 4.69) is 20.4 Å². The van der Waals surface area contributed by atoms with Crippen LogP contribution in [0.3, 0.4) is 0 Å². The molecule has 0 rings (SSSR count). The van der Waals surface area contributed by atoms with Crippen molar-refractivity contribution in [2.24, 2.45) is 5.92 Å². The van der Waals surface area contributed by atoms with Crippen LogP contribution in [0, 0.1) is 5.92 Å². The summed E-state index contributed by atoms with van der Waals surface area (Å²) in [5, 5.41) is 7.42. The normalized spacial score (nSPS) is 10.3. The molecule has 0 aliphatic rings. The molecule has 0 aliphatic carbocycles. The van der Waals surface area contributed by atoms with Crippen molar-refractivity contribution in [3.8, 4) is 0 Å². The number of esters is 1. The van der Waals surface area contributed by atoms with E-state index in [-0.39, 0.29) is 5.97 Å². The van der Waals surface area contributed by atoms with E-state index in [1.807, 2.05) is 0 Å². The summed E-state index contributed by atoms with van der Waals surface area (Å²) in [6.45, 7) is 9.11. The quantitative estimate of drug-likeness (QED) is 0.146. The van der Waals surface area contributed by atoms with Crippen LogP contribution in [-0.2, 0) is 14.3 Å². The molecule has 0 bridgehead atoms. The largest absolute Gasteiger partial charge is 0.481 e. The van der Waals surface area contributed by atoms with Crippen LogP contribution in [0.5, 0.6) is 0 Å². The molecular weight excluding hydrogens is 352 g/mol. The Hall–Kier alpha value is -1.32. The monoisotopic (exact) mass is 398 g/mol. The van der Waals surface area contributed by atoms with Crippen LogP contribution >= 0.6 is 0 Å². The maximum absolute atomic E-state index is 11.1. The zero-order valence-corrected chi connectivity index (χ0v) is 18.8. The highest BCUT2D eigenvalue weighted by Crippen LogP contribution is 2.14. The molecule has 0 saturated carbocycles. The Bertz CT molecular complexity index is 360. The second kappa shape index (κ2) is 23.7. The molecule has 0 spiro atoms. The first kappa shape index (κ1) is 28.9. The number of hydrogen-bond donors (Lipinski definition) is 1. The summed E-state index contributed by atoms with van der Waals surface area (Å²) in [6, 6.07) is 0. The molecule has 0 aromatic carbocycles. The van der Waals surface area contributed by atoms with Gasteiger partial charge >= 0.3 is 5.97 Å². The number of carbonyl (C=O) groups excluding carboxylic acids is 1. The molecule has 28 heavy (non-hydrogen) atoms. The van der Waals surface area contributed by atoms with Crippen LogP contribution in [0.25, 0.3) is 0 Å².